The summed E-state index contributed by atoms with van der Waals surface area (Å²) in [4.78, 5) is 0. The third-order valence-electron chi connectivity index (χ3n) is 4.06. The van der Waals surface area contributed by atoms with Gasteiger partial charge in [-0.25, -0.2) is 4.39 Å². The van der Waals surface area contributed by atoms with Crippen LogP contribution in [0.3, 0.4) is 0 Å². The molecule has 2 atom stereocenters. The van der Waals surface area contributed by atoms with Crippen LogP contribution in [0.5, 0.6) is 0 Å². The highest BCUT2D eigenvalue weighted by molar-refractivity contribution is 7.90. The van der Waals surface area contributed by atoms with Crippen molar-refractivity contribution in [2.24, 2.45) is 5.92 Å². The van der Waals surface area contributed by atoms with E-state index in [4.69, 9.17) is 0 Å². The summed E-state index contributed by atoms with van der Waals surface area (Å²) in [7, 11) is 0. The lowest BCUT2D eigenvalue weighted by atomic mass is 10.1. The second kappa shape index (κ2) is 7.06. The molecule has 5 heteroatoms. The first-order chi connectivity index (χ1) is 11.0. The van der Waals surface area contributed by atoms with Crippen molar-refractivity contribution in [2.75, 3.05) is 0 Å². The molecule has 0 bridgehead atoms. The van der Waals surface area contributed by atoms with Gasteiger partial charge in [0, 0.05) is 35.0 Å². The summed E-state index contributed by atoms with van der Waals surface area (Å²) in [6.45, 7) is 14.8. The zero-order chi connectivity index (χ0) is 18.2. The van der Waals surface area contributed by atoms with Crippen molar-refractivity contribution in [3.8, 4) is 0 Å². The minimum atomic E-state index is -1.18. The lowest BCUT2D eigenvalue weighted by molar-refractivity contribution is 0.525. The number of hydrogen-bond donors (Lipinski definition) is 1. The van der Waals surface area contributed by atoms with E-state index in [2.05, 4.69) is 29.3 Å². The van der Waals surface area contributed by atoms with Gasteiger partial charge in [0.05, 0.1) is 6.04 Å². The van der Waals surface area contributed by atoms with Crippen molar-refractivity contribution in [1.82, 2.24) is 9.29 Å². The normalized spacial score (nSPS) is 15.2. The quantitative estimate of drug-likeness (QED) is 0.781. The number of hydrogen-bond acceptors (Lipinski definition) is 2. The van der Waals surface area contributed by atoms with Crippen LogP contribution in [0, 0.1) is 18.7 Å². The van der Waals surface area contributed by atoms with Crippen LogP contribution in [0.25, 0.3) is 10.9 Å². The van der Waals surface area contributed by atoms with E-state index >= 15 is 0 Å². The molecular weight excluding hydrogens is 323 g/mol. The van der Waals surface area contributed by atoms with Crippen molar-refractivity contribution >= 4 is 22.3 Å². The molecule has 24 heavy (non-hydrogen) atoms. The van der Waals surface area contributed by atoms with Crippen LogP contribution in [0.2, 0.25) is 0 Å². The molecule has 134 valence electrons. The van der Waals surface area contributed by atoms with Crippen molar-refractivity contribution in [3.05, 3.63) is 35.3 Å². The van der Waals surface area contributed by atoms with E-state index in [-0.39, 0.29) is 16.6 Å². The Hall–Kier alpha value is -1.04. The molecular formula is C19H29FN2OS. The maximum absolute atomic E-state index is 14.1. The zero-order valence-electron chi connectivity index (χ0n) is 15.7. The summed E-state index contributed by atoms with van der Waals surface area (Å²) < 4.78 is 31.5. The Morgan fingerprint density at radius 3 is 2.42 bits per heavy atom. The second-order valence-corrected chi connectivity index (χ2v) is 9.97. The maximum atomic E-state index is 14.1. The van der Waals surface area contributed by atoms with E-state index in [0.717, 1.165) is 23.0 Å². The number of fused-ring (bicyclic) bond motifs is 1. The Kier molecular flexibility index (Phi) is 5.68. The van der Waals surface area contributed by atoms with Gasteiger partial charge in [-0.05, 0) is 63.8 Å². The lowest BCUT2D eigenvalue weighted by Crippen LogP contribution is -2.40. The SMILES string of the molecule is Cc1cc2c(cc1F)c([C@@H](C)N[S@@+]([O-])C(C)(C)C)cn2CC(C)C. The van der Waals surface area contributed by atoms with Gasteiger partial charge in [0.1, 0.15) is 10.6 Å². The van der Waals surface area contributed by atoms with Crippen LogP contribution >= 0.6 is 0 Å². The van der Waals surface area contributed by atoms with Crippen molar-refractivity contribution in [3.63, 3.8) is 0 Å². The Bertz CT molecular complexity index is 718. The first-order valence-corrected chi connectivity index (χ1v) is 9.62. The smallest absolute Gasteiger partial charge is 0.136 e. The standard InChI is InChI=1S/C19H29FN2OS/c1-12(2)10-22-11-16(14(4)21-24(23)19(5,6)7)15-9-17(20)13(3)8-18(15)22/h8-9,11-12,14,21H,10H2,1-7H3/t14-,24+/m1/s1. The minimum Gasteiger partial charge on any atom is -0.598 e. The number of rotatable bonds is 5. The van der Waals surface area contributed by atoms with Gasteiger partial charge in [-0.1, -0.05) is 13.8 Å². The fourth-order valence-corrected chi connectivity index (χ4v) is 3.53. The molecule has 0 saturated heterocycles. The summed E-state index contributed by atoms with van der Waals surface area (Å²) in [6.07, 6.45) is 2.07. The number of benzene rings is 1. The first kappa shape index (κ1) is 19.3. The molecule has 1 N–H and O–H groups in total. The van der Waals surface area contributed by atoms with Gasteiger partial charge in [-0.15, -0.1) is 4.72 Å². The summed E-state index contributed by atoms with van der Waals surface area (Å²) in [5.74, 6) is 0.293. The molecule has 0 radical (unpaired) electrons. The molecule has 1 aromatic heterocycles. The summed E-state index contributed by atoms with van der Waals surface area (Å²) in [5.41, 5.74) is 2.67. The monoisotopic (exact) mass is 352 g/mol. The molecule has 0 aliphatic rings. The summed E-state index contributed by atoms with van der Waals surface area (Å²) in [5, 5.41) is 0.893. The molecule has 0 aliphatic heterocycles. The van der Waals surface area contributed by atoms with E-state index in [1.807, 2.05) is 33.8 Å². The number of nitrogens with one attached hydrogen (secondary N) is 1. The Balaban J connectivity index is 2.47. The predicted octanol–water partition coefficient (Wildman–Crippen LogP) is 4.86. The van der Waals surface area contributed by atoms with Gasteiger partial charge in [-0.3, -0.25) is 0 Å². The average molecular weight is 353 g/mol. The van der Waals surface area contributed by atoms with E-state index in [0.29, 0.717) is 11.5 Å². The maximum Gasteiger partial charge on any atom is 0.136 e. The third-order valence-corrected chi connectivity index (χ3v) is 5.74. The Labute approximate surface area is 147 Å². The molecule has 0 aliphatic carbocycles. The van der Waals surface area contributed by atoms with Crippen LogP contribution in [0.15, 0.2) is 18.3 Å². The molecule has 1 aromatic carbocycles. The fourth-order valence-electron chi connectivity index (χ4n) is 2.73. The Morgan fingerprint density at radius 2 is 1.88 bits per heavy atom. The molecule has 0 spiro atoms. The van der Waals surface area contributed by atoms with Crippen LogP contribution in [0.4, 0.5) is 4.39 Å². The molecule has 2 rings (SSSR count). The second-order valence-electron chi connectivity index (χ2n) is 7.97. The topological polar surface area (TPSA) is 40.0 Å². The van der Waals surface area contributed by atoms with Crippen LogP contribution in [0.1, 0.15) is 58.7 Å². The predicted molar refractivity (Wildman–Crippen MR) is 101 cm³/mol. The van der Waals surface area contributed by atoms with E-state index < -0.39 is 11.4 Å². The number of nitrogens with zero attached hydrogens (tertiary/aromatic N) is 1. The molecule has 3 nitrogen and oxygen atoms in total. The van der Waals surface area contributed by atoms with E-state index in [1.165, 1.54) is 0 Å². The van der Waals surface area contributed by atoms with Gasteiger partial charge >= 0.3 is 0 Å². The van der Waals surface area contributed by atoms with Crippen molar-refractivity contribution < 1.29 is 8.94 Å². The highest BCUT2D eigenvalue weighted by Crippen LogP contribution is 2.30. The third kappa shape index (κ3) is 4.13. The molecule has 0 fully saturated rings. The largest absolute Gasteiger partial charge is 0.598 e. The van der Waals surface area contributed by atoms with Gasteiger partial charge < -0.3 is 9.12 Å². The lowest BCUT2D eigenvalue weighted by Gasteiger charge is -2.26. The average Bonchev–Trinajstić information content (AvgIpc) is 2.76. The van der Waals surface area contributed by atoms with E-state index in [9.17, 15) is 8.94 Å². The van der Waals surface area contributed by atoms with Crippen LogP contribution in [-0.4, -0.2) is 13.9 Å². The molecule has 2 aromatic rings. The van der Waals surface area contributed by atoms with E-state index in [1.54, 1.807) is 13.0 Å². The van der Waals surface area contributed by atoms with Crippen molar-refractivity contribution in [2.45, 2.75) is 65.8 Å². The number of aromatic nitrogens is 1. The summed E-state index contributed by atoms with van der Waals surface area (Å²) >= 11 is -1.18. The van der Waals surface area contributed by atoms with Gasteiger partial charge in [0.25, 0.3) is 0 Å². The zero-order valence-corrected chi connectivity index (χ0v) is 16.6. The van der Waals surface area contributed by atoms with Crippen LogP contribution < -0.4 is 4.72 Å². The molecule has 0 amide bonds. The highest BCUT2D eigenvalue weighted by atomic mass is 32.2. The highest BCUT2D eigenvalue weighted by Gasteiger charge is 2.29. The minimum absolute atomic E-state index is 0.122. The molecule has 0 unspecified atom stereocenters. The van der Waals surface area contributed by atoms with Gasteiger partial charge in [-0.2, -0.15) is 0 Å². The van der Waals surface area contributed by atoms with Gasteiger partial charge in [0.15, 0.2) is 0 Å². The summed E-state index contributed by atoms with van der Waals surface area (Å²) in [6, 6.07) is 3.39. The first-order valence-electron chi connectivity index (χ1n) is 8.47. The number of aryl methyl sites for hydroxylation is 1. The van der Waals surface area contributed by atoms with Gasteiger partial charge in [0.2, 0.25) is 0 Å². The molecule has 1 heterocycles. The Morgan fingerprint density at radius 1 is 1.25 bits per heavy atom. The number of halogens is 1. The van der Waals surface area contributed by atoms with Crippen LogP contribution in [-0.2, 0) is 17.9 Å². The fraction of sp³-hybridized carbons (Fsp3) is 0.579. The van der Waals surface area contributed by atoms with Crippen molar-refractivity contribution in [1.29, 1.82) is 0 Å². The molecule has 0 saturated carbocycles.